The molecule has 2 heteroatoms. The lowest BCUT2D eigenvalue weighted by molar-refractivity contribution is -0.212. The fourth-order valence-corrected chi connectivity index (χ4v) is 1.44. The van der Waals surface area contributed by atoms with E-state index in [9.17, 15) is 0 Å². The lowest BCUT2D eigenvalue weighted by Crippen LogP contribution is -2.24. The molecule has 1 fully saturated rings. The van der Waals surface area contributed by atoms with Crippen LogP contribution in [0.3, 0.4) is 0 Å². The van der Waals surface area contributed by atoms with Crippen molar-refractivity contribution in [3.05, 3.63) is 35.9 Å². The summed E-state index contributed by atoms with van der Waals surface area (Å²) < 4.78 is 11.2. The fourth-order valence-electron chi connectivity index (χ4n) is 1.44. The van der Waals surface area contributed by atoms with Gasteiger partial charge in [0.1, 0.15) is 0 Å². The average Bonchev–Trinajstić information content (AvgIpc) is 2.19. The van der Waals surface area contributed by atoms with E-state index < -0.39 is 0 Å². The lowest BCUT2D eigenvalue weighted by atomic mass is 10.2. The van der Waals surface area contributed by atoms with E-state index >= 15 is 0 Å². The van der Waals surface area contributed by atoms with Gasteiger partial charge in [0.2, 0.25) is 0 Å². The summed E-state index contributed by atoms with van der Waals surface area (Å²) in [7, 11) is 0. The number of ether oxygens (including phenoxy) is 2. The van der Waals surface area contributed by atoms with Gasteiger partial charge in [-0.1, -0.05) is 30.3 Å². The smallest absolute Gasteiger partial charge is 0.184 e. The Morgan fingerprint density at radius 1 is 1.23 bits per heavy atom. The molecule has 0 aliphatic carbocycles. The van der Waals surface area contributed by atoms with Gasteiger partial charge in [0.15, 0.2) is 6.29 Å². The number of benzene rings is 1. The van der Waals surface area contributed by atoms with Gasteiger partial charge in [0.05, 0.1) is 12.7 Å². The molecular weight excluding hydrogens is 164 g/mol. The maximum absolute atomic E-state index is 5.65. The zero-order chi connectivity index (χ0) is 9.10. The van der Waals surface area contributed by atoms with Gasteiger partial charge < -0.3 is 9.47 Å². The molecule has 0 bridgehead atoms. The summed E-state index contributed by atoms with van der Waals surface area (Å²) in [6, 6.07) is 10.1. The van der Waals surface area contributed by atoms with Crippen molar-refractivity contribution in [3.8, 4) is 0 Å². The molecule has 13 heavy (non-hydrogen) atoms. The molecule has 0 aromatic heterocycles. The van der Waals surface area contributed by atoms with E-state index in [1.807, 2.05) is 30.3 Å². The van der Waals surface area contributed by atoms with Crippen LogP contribution in [0.2, 0.25) is 0 Å². The second-order valence-electron chi connectivity index (χ2n) is 3.35. The van der Waals surface area contributed by atoms with Crippen LogP contribution in [0.25, 0.3) is 0 Å². The summed E-state index contributed by atoms with van der Waals surface area (Å²) >= 11 is 0. The Morgan fingerprint density at radius 2 is 2.00 bits per heavy atom. The molecule has 1 heterocycles. The molecule has 2 rings (SSSR count). The largest absolute Gasteiger partial charge is 0.348 e. The third-order valence-corrected chi connectivity index (χ3v) is 2.22. The molecule has 0 amide bonds. The first-order valence-electron chi connectivity index (χ1n) is 4.68. The van der Waals surface area contributed by atoms with Crippen LogP contribution in [0.5, 0.6) is 0 Å². The third kappa shape index (κ3) is 2.08. The van der Waals surface area contributed by atoms with E-state index in [4.69, 9.17) is 9.47 Å². The minimum atomic E-state index is -0.162. The van der Waals surface area contributed by atoms with Crippen LogP contribution >= 0.6 is 0 Å². The topological polar surface area (TPSA) is 18.5 Å². The average molecular weight is 178 g/mol. The van der Waals surface area contributed by atoms with Crippen molar-refractivity contribution in [2.75, 3.05) is 6.61 Å². The highest BCUT2D eigenvalue weighted by atomic mass is 16.7. The van der Waals surface area contributed by atoms with Gasteiger partial charge in [-0.05, 0) is 13.3 Å². The molecule has 1 saturated heterocycles. The third-order valence-electron chi connectivity index (χ3n) is 2.22. The SMILES string of the molecule is C[C@H]1CCOC(c2ccccc2)O1. The summed E-state index contributed by atoms with van der Waals surface area (Å²) in [4.78, 5) is 0. The first-order chi connectivity index (χ1) is 6.36. The molecule has 0 radical (unpaired) electrons. The van der Waals surface area contributed by atoms with Gasteiger partial charge in [0, 0.05) is 5.56 Å². The van der Waals surface area contributed by atoms with E-state index in [2.05, 4.69) is 6.92 Å². The predicted molar refractivity (Wildman–Crippen MR) is 50.3 cm³/mol. The normalized spacial score (nSPS) is 28.7. The van der Waals surface area contributed by atoms with E-state index in [0.29, 0.717) is 6.10 Å². The minimum Gasteiger partial charge on any atom is -0.348 e. The Balaban J connectivity index is 2.08. The van der Waals surface area contributed by atoms with Gasteiger partial charge >= 0.3 is 0 Å². The van der Waals surface area contributed by atoms with E-state index in [1.165, 1.54) is 0 Å². The second kappa shape index (κ2) is 3.90. The molecular formula is C11H14O2. The molecule has 2 nitrogen and oxygen atoms in total. The van der Waals surface area contributed by atoms with Crippen LogP contribution in [0, 0.1) is 0 Å². The van der Waals surface area contributed by atoms with Crippen LogP contribution in [-0.2, 0) is 9.47 Å². The highest BCUT2D eigenvalue weighted by Gasteiger charge is 2.20. The maximum Gasteiger partial charge on any atom is 0.184 e. The molecule has 1 unspecified atom stereocenters. The molecule has 0 spiro atoms. The molecule has 70 valence electrons. The van der Waals surface area contributed by atoms with Gasteiger partial charge in [-0.25, -0.2) is 0 Å². The van der Waals surface area contributed by atoms with E-state index in [0.717, 1.165) is 18.6 Å². The molecule has 2 atom stereocenters. The van der Waals surface area contributed by atoms with Crippen molar-refractivity contribution in [2.24, 2.45) is 0 Å². The Morgan fingerprint density at radius 3 is 2.69 bits per heavy atom. The van der Waals surface area contributed by atoms with Crippen molar-refractivity contribution in [1.29, 1.82) is 0 Å². The lowest BCUT2D eigenvalue weighted by Gasteiger charge is -2.28. The molecule has 1 aliphatic rings. The monoisotopic (exact) mass is 178 g/mol. The molecule has 1 aromatic rings. The first kappa shape index (κ1) is 8.73. The summed E-state index contributed by atoms with van der Waals surface area (Å²) in [5.41, 5.74) is 1.11. The fraction of sp³-hybridized carbons (Fsp3) is 0.455. The molecule has 1 aromatic carbocycles. The first-order valence-corrected chi connectivity index (χ1v) is 4.68. The highest BCUT2D eigenvalue weighted by molar-refractivity contribution is 5.16. The Labute approximate surface area is 78.5 Å². The minimum absolute atomic E-state index is 0.162. The van der Waals surface area contributed by atoms with Crippen molar-refractivity contribution in [1.82, 2.24) is 0 Å². The van der Waals surface area contributed by atoms with Gasteiger partial charge in [-0.3, -0.25) is 0 Å². The van der Waals surface area contributed by atoms with Crippen LogP contribution < -0.4 is 0 Å². The summed E-state index contributed by atoms with van der Waals surface area (Å²) in [5, 5.41) is 0. The van der Waals surface area contributed by atoms with Crippen LogP contribution in [0.4, 0.5) is 0 Å². The van der Waals surface area contributed by atoms with Crippen molar-refractivity contribution < 1.29 is 9.47 Å². The Hall–Kier alpha value is -0.860. The van der Waals surface area contributed by atoms with Gasteiger partial charge in [-0.15, -0.1) is 0 Å². The maximum atomic E-state index is 5.65. The molecule has 0 saturated carbocycles. The number of rotatable bonds is 1. The highest BCUT2D eigenvalue weighted by Crippen LogP contribution is 2.25. The summed E-state index contributed by atoms with van der Waals surface area (Å²) in [6.07, 6.45) is 1.13. The van der Waals surface area contributed by atoms with E-state index in [1.54, 1.807) is 0 Å². The second-order valence-corrected chi connectivity index (χ2v) is 3.35. The van der Waals surface area contributed by atoms with Crippen molar-refractivity contribution >= 4 is 0 Å². The zero-order valence-corrected chi connectivity index (χ0v) is 7.77. The van der Waals surface area contributed by atoms with Crippen LogP contribution in [0.15, 0.2) is 30.3 Å². The summed E-state index contributed by atoms with van der Waals surface area (Å²) in [6.45, 7) is 2.87. The van der Waals surface area contributed by atoms with Crippen molar-refractivity contribution in [3.63, 3.8) is 0 Å². The Kier molecular flexibility index (Phi) is 2.62. The molecule has 0 N–H and O–H groups in total. The number of hydrogen-bond acceptors (Lipinski definition) is 2. The van der Waals surface area contributed by atoms with Crippen LogP contribution in [-0.4, -0.2) is 12.7 Å². The standard InChI is InChI=1S/C11H14O2/c1-9-7-8-12-11(13-9)10-5-3-2-4-6-10/h2-6,9,11H,7-8H2,1H3/t9-,11?/m0/s1. The number of hydrogen-bond donors (Lipinski definition) is 0. The quantitative estimate of drug-likeness (QED) is 0.657. The van der Waals surface area contributed by atoms with Crippen LogP contribution in [0.1, 0.15) is 25.2 Å². The zero-order valence-electron chi connectivity index (χ0n) is 7.77. The van der Waals surface area contributed by atoms with E-state index in [-0.39, 0.29) is 6.29 Å². The van der Waals surface area contributed by atoms with Gasteiger partial charge in [-0.2, -0.15) is 0 Å². The van der Waals surface area contributed by atoms with Crippen molar-refractivity contribution in [2.45, 2.75) is 25.7 Å². The molecule has 1 aliphatic heterocycles. The Bertz CT molecular complexity index is 258. The summed E-state index contributed by atoms with van der Waals surface area (Å²) in [5.74, 6) is 0. The van der Waals surface area contributed by atoms with Gasteiger partial charge in [0.25, 0.3) is 0 Å². The predicted octanol–water partition coefficient (Wildman–Crippen LogP) is 2.51.